The molecule has 0 saturated carbocycles. The molecule has 0 bridgehead atoms. The molecule has 5 nitrogen and oxygen atoms in total. The molecule has 1 heterocycles. The molecule has 0 unspecified atom stereocenters. The Morgan fingerprint density at radius 1 is 1.00 bits per heavy atom. The molecule has 2 aromatic rings. The maximum absolute atomic E-state index is 11.1. The van der Waals surface area contributed by atoms with Crippen LogP contribution in [0.2, 0.25) is 0 Å². The Hall–Kier alpha value is -2.82. The number of hydrogen-bond acceptors (Lipinski definition) is 5. The van der Waals surface area contributed by atoms with Crippen molar-refractivity contribution in [3.05, 3.63) is 53.6 Å². The molecule has 25 heavy (non-hydrogen) atoms. The molecule has 3 rings (SSSR count). The van der Waals surface area contributed by atoms with Crippen LogP contribution in [0.15, 0.2) is 42.5 Å². The molecule has 0 fully saturated rings. The number of carbonyl (C=O) groups excluding carboxylic acids is 2. The third kappa shape index (κ3) is 4.38. The fourth-order valence-electron chi connectivity index (χ4n) is 3.03. The second kappa shape index (κ2) is 7.38. The van der Waals surface area contributed by atoms with E-state index >= 15 is 0 Å². The number of carbonyl (C=O) groups is 2. The van der Waals surface area contributed by atoms with E-state index in [1.54, 1.807) is 24.3 Å². The van der Waals surface area contributed by atoms with E-state index in [0.717, 1.165) is 29.7 Å². The number of esters is 2. The third-order valence-corrected chi connectivity index (χ3v) is 4.08. The molecular weight excluding hydrogens is 320 g/mol. The van der Waals surface area contributed by atoms with Crippen LogP contribution in [-0.4, -0.2) is 18.5 Å². The molecule has 130 valence electrons. The molecule has 0 aliphatic carbocycles. The van der Waals surface area contributed by atoms with Crippen molar-refractivity contribution >= 4 is 11.9 Å². The van der Waals surface area contributed by atoms with Crippen molar-refractivity contribution in [1.82, 2.24) is 0 Å². The first-order valence-corrected chi connectivity index (χ1v) is 8.24. The average molecular weight is 340 g/mol. The Balaban J connectivity index is 1.74. The summed E-state index contributed by atoms with van der Waals surface area (Å²) in [7, 11) is 0. The predicted octanol–water partition coefficient (Wildman–Crippen LogP) is 3.65. The molecule has 0 spiro atoms. The minimum atomic E-state index is -0.347. The molecule has 2 aromatic carbocycles. The van der Waals surface area contributed by atoms with Gasteiger partial charge in [-0.1, -0.05) is 18.2 Å². The number of benzene rings is 2. The van der Waals surface area contributed by atoms with Gasteiger partial charge in [-0.05, 0) is 48.1 Å². The summed E-state index contributed by atoms with van der Waals surface area (Å²) in [6, 6.07) is 13.1. The van der Waals surface area contributed by atoms with Crippen molar-refractivity contribution in [2.75, 3.05) is 6.61 Å². The van der Waals surface area contributed by atoms with E-state index in [9.17, 15) is 9.59 Å². The Labute approximate surface area is 146 Å². The van der Waals surface area contributed by atoms with E-state index in [-0.39, 0.29) is 11.9 Å². The molecule has 0 saturated heterocycles. The SMILES string of the molecule is CC(=O)Oc1ccc(C[C@@H]2CCOc3cc(OC(C)=O)ccc32)cc1. The van der Waals surface area contributed by atoms with Crippen molar-refractivity contribution < 1.29 is 23.8 Å². The van der Waals surface area contributed by atoms with Crippen molar-refractivity contribution in [2.45, 2.75) is 32.6 Å². The highest BCUT2D eigenvalue weighted by molar-refractivity contribution is 5.70. The highest BCUT2D eigenvalue weighted by Crippen LogP contribution is 2.38. The Kier molecular flexibility index (Phi) is 5.03. The third-order valence-electron chi connectivity index (χ3n) is 4.08. The number of fused-ring (bicyclic) bond motifs is 1. The average Bonchev–Trinajstić information content (AvgIpc) is 2.55. The smallest absolute Gasteiger partial charge is 0.308 e. The summed E-state index contributed by atoms with van der Waals surface area (Å²) in [5.41, 5.74) is 2.28. The normalized spacial score (nSPS) is 15.7. The van der Waals surface area contributed by atoms with Crippen LogP contribution in [0.4, 0.5) is 0 Å². The minimum Gasteiger partial charge on any atom is -0.493 e. The van der Waals surface area contributed by atoms with Gasteiger partial charge in [-0.15, -0.1) is 0 Å². The van der Waals surface area contributed by atoms with Gasteiger partial charge in [-0.3, -0.25) is 9.59 Å². The first kappa shape index (κ1) is 17.0. The Morgan fingerprint density at radius 3 is 2.32 bits per heavy atom. The maximum Gasteiger partial charge on any atom is 0.308 e. The van der Waals surface area contributed by atoms with Gasteiger partial charge in [0, 0.05) is 19.9 Å². The fraction of sp³-hybridized carbons (Fsp3) is 0.300. The maximum atomic E-state index is 11.1. The van der Waals surface area contributed by atoms with Gasteiger partial charge in [0.25, 0.3) is 0 Å². The number of hydrogen-bond donors (Lipinski definition) is 0. The molecule has 1 aliphatic heterocycles. The summed E-state index contributed by atoms with van der Waals surface area (Å²) in [6.45, 7) is 3.40. The monoisotopic (exact) mass is 340 g/mol. The fourth-order valence-corrected chi connectivity index (χ4v) is 3.03. The molecule has 0 radical (unpaired) electrons. The number of rotatable bonds is 4. The predicted molar refractivity (Wildman–Crippen MR) is 92.1 cm³/mol. The minimum absolute atomic E-state index is 0.324. The van der Waals surface area contributed by atoms with Gasteiger partial charge in [0.15, 0.2) is 0 Å². The van der Waals surface area contributed by atoms with Gasteiger partial charge in [-0.2, -0.15) is 0 Å². The van der Waals surface area contributed by atoms with Crippen LogP contribution in [0, 0.1) is 0 Å². The first-order valence-electron chi connectivity index (χ1n) is 8.24. The van der Waals surface area contributed by atoms with E-state index in [0.29, 0.717) is 24.0 Å². The van der Waals surface area contributed by atoms with Crippen LogP contribution in [0.25, 0.3) is 0 Å². The summed E-state index contributed by atoms with van der Waals surface area (Å²) in [5, 5.41) is 0. The van der Waals surface area contributed by atoms with Crippen molar-refractivity contribution in [1.29, 1.82) is 0 Å². The van der Waals surface area contributed by atoms with E-state index < -0.39 is 0 Å². The van der Waals surface area contributed by atoms with E-state index in [1.807, 2.05) is 18.2 Å². The Morgan fingerprint density at radius 2 is 1.64 bits per heavy atom. The lowest BCUT2D eigenvalue weighted by molar-refractivity contribution is -0.132. The van der Waals surface area contributed by atoms with Crippen molar-refractivity contribution in [3.63, 3.8) is 0 Å². The summed E-state index contributed by atoms with van der Waals surface area (Å²) in [5.74, 6) is 1.48. The second-order valence-electron chi connectivity index (χ2n) is 6.07. The molecule has 0 N–H and O–H groups in total. The van der Waals surface area contributed by atoms with Gasteiger partial charge in [0.05, 0.1) is 6.61 Å². The van der Waals surface area contributed by atoms with Gasteiger partial charge in [-0.25, -0.2) is 0 Å². The quantitative estimate of drug-likeness (QED) is 0.628. The van der Waals surface area contributed by atoms with Crippen LogP contribution in [0.1, 0.15) is 37.3 Å². The zero-order valence-electron chi connectivity index (χ0n) is 14.3. The molecule has 0 amide bonds. The summed E-state index contributed by atoms with van der Waals surface area (Å²) in [4.78, 5) is 22.1. The largest absolute Gasteiger partial charge is 0.493 e. The van der Waals surface area contributed by atoms with Gasteiger partial charge in [0.2, 0.25) is 0 Å². The topological polar surface area (TPSA) is 61.8 Å². The lowest BCUT2D eigenvalue weighted by Crippen LogP contribution is -2.16. The molecule has 1 aliphatic rings. The number of ether oxygens (including phenoxy) is 3. The van der Waals surface area contributed by atoms with Crippen LogP contribution < -0.4 is 14.2 Å². The van der Waals surface area contributed by atoms with Crippen molar-refractivity contribution in [2.24, 2.45) is 0 Å². The van der Waals surface area contributed by atoms with Gasteiger partial charge in [0.1, 0.15) is 17.2 Å². The molecule has 0 aromatic heterocycles. The molecule has 5 heteroatoms. The van der Waals surface area contributed by atoms with Gasteiger partial charge < -0.3 is 14.2 Å². The summed E-state index contributed by atoms with van der Waals surface area (Å²) in [6.07, 6.45) is 1.79. The second-order valence-corrected chi connectivity index (χ2v) is 6.07. The van der Waals surface area contributed by atoms with Crippen LogP contribution in [0.5, 0.6) is 17.2 Å². The zero-order valence-corrected chi connectivity index (χ0v) is 14.3. The van der Waals surface area contributed by atoms with E-state index in [4.69, 9.17) is 14.2 Å². The lowest BCUT2D eigenvalue weighted by atomic mass is 9.87. The van der Waals surface area contributed by atoms with Crippen LogP contribution in [0.3, 0.4) is 0 Å². The molecular formula is C20H20O5. The zero-order chi connectivity index (χ0) is 17.8. The summed E-state index contributed by atoms with van der Waals surface area (Å²) >= 11 is 0. The lowest BCUT2D eigenvalue weighted by Gasteiger charge is -2.26. The standard InChI is InChI=1S/C20H20O5/c1-13(21)24-17-5-3-15(4-6-17)11-16-9-10-23-20-12-18(25-14(2)22)7-8-19(16)20/h3-8,12,16H,9-11H2,1-2H3/t16-/m0/s1. The molecule has 1 atom stereocenters. The highest BCUT2D eigenvalue weighted by Gasteiger charge is 2.22. The summed E-state index contributed by atoms with van der Waals surface area (Å²) < 4.78 is 15.9. The van der Waals surface area contributed by atoms with Gasteiger partial charge >= 0.3 is 11.9 Å². The van der Waals surface area contributed by atoms with Crippen LogP contribution in [-0.2, 0) is 16.0 Å². The van der Waals surface area contributed by atoms with Crippen molar-refractivity contribution in [3.8, 4) is 17.2 Å². The van der Waals surface area contributed by atoms with Crippen LogP contribution >= 0.6 is 0 Å². The van der Waals surface area contributed by atoms with E-state index in [2.05, 4.69) is 0 Å². The Bertz CT molecular complexity index is 779. The first-order chi connectivity index (χ1) is 12.0. The van der Waals surface area contributed by atoms with E-state index in [1.165, 1.54) is 13.8 Å². The highest BCUT2D eigenvalue weighted by atomic mass is 16.5.